The van der Waals surface area contributed by atoms with Gasteiger partial charge in [-0.25, -0.2) is 0 Å². The second-order valence-electron chi connectivity index (χ2n) is 7.06. The first-order valence-corrected chi connectivity index (χ1v) is 9.76. The van der Waals surface area contributed by atoms with Crippen LogP contribution in [0.1, 0.15) is 54.6 Å². The van der Waals surface area contributed by atoms with Crippen molar-refractivity contribution in [2.75, 3.05) is 32.8 Å². The number of benzene rings is 1. The van der Waals surface area contributed by atoms with E-state index in [9.17, 15) is 14.7 Å². The number of carbonyl (C=O) groups excluding carboxylic acids is 2. The Hall–Kier alpha value is -1.72. The van der Waals surface area contributed by atoms with Crippen molar-refractivity contribution in [1.82, 2.24) is 9.80 Å². The molecule has 2 rings (SSSR count). The van der Waals surface area contributed by atoms with Crippen molar-refractivity contribution < 1.29 is 14.7 Å². The van der Waals surface area contributed by atoms with Crippen LogP contribution < -0.4 is 0 Å². The zero-order chi connectivity index (χ0) is 19.1. The highest BCUT2D eigenvalue weighted by molar-refractivity contribution is 5.97. The molecule has 1 unspecified atom stereocenters. The molecule has 1 aromatic rings. The molecule has 1 amide bonds. The number of rotatable bonds is 9. The fraction of sp³-hybridized carbons (Fsp3) is 0.619. The molecule has 26 heavy (non-hydrogen) atoms. The molecule has 1 saturated heterocycles. The number of nitrogens with zero attached hydrogens (tertiary/aromatic N) is 2. The highest BCUT2D eigenvalue weighted by Gasteiger charge is 2.24. The van der Waals surface area contributed by atoms with Crippen molar-refractivity contribution in [3.05, 3.63) is 34.9 Å². The van der Waals surface area contributed by atoms with Gasteiger partial charge in [0.1, 0.15) is 5.78 Å². The quantitative estimate of drug-likeness (QED) is 0.735. The summed E-state index contributed by atoms with van der Waals surface area (Å²) in [6.07, 6.45) is 2.85. The summed E-state index contributed by atoms with van der Waals surface area (Å²) in [4.78, 5) is 29.4. The number of Topliss-reactive ketones (excluding diaryl/α,β-unsaturated/α-hetero) is 1. The van der Waals surface area contributed by atoms with Crippen LogP contribution in [0.3, 0.4) is 0 Å². The van der Waals surface area contributed by atoms with Gasteiger partial charge in [0.05, 0.1) is 6.61 Å². The van der Waals surface area contributed by atoms with Crippen LogP contribution in [0, 0.1) is 6.92 Å². The van der Waals surface area contributed by atoms with Crippen LogP contribution in [0.25, 0.3) is 0 Å². The van der Waals surface area contributed by atoms with Gasteiger partial charge in [0.15, 0.2) is 0 Å². The predicted molar refractivity (Wildman–Crippen MR) is 103 cm³/mol. The van der Waals surface area contributed by atoms with E-state index in [1.165, 1.54) is 0 Å². The maximum atomic E-state index is 12.8. The predicted octanol–water partition coefficient (Wildman–Crippen LogP) is 2.44. The average molecular weight is 360 g/mol. The van der Waals surface area contributed by atoms with Crippen molar-refractivity contribution in [1.29, 1.82) is 0 Å². The molecule has 1 aliphatic heterocycles. The van der Waals surface area contributed by atoms with Crippen molar-refractivity contribution >= 4 is 11.7 Å². The smallest absolute Gasteiger partial charge is 0.254 e. The lowest BCUT2D eigenvalue weighted by molar-refractivity contribution is -0.118. The molecule has 1 fully saturated rings. The molecule has 1 heterocycles. The van der Waals surface area contributed by atoms with E-state index in [1.54, 1.807) is 4.90 Å². The number of hydrogen-bond donors (Lipinski definition) is 1. The van der Waals surface area contributed by atoms with Gasteiger partial charge in [-0.05, 0) is 57.4 Å². The van der Waals surface area contributed by atoms with Gasteiger partial charge in [-0.15, -0.1) is 0 Å². The summed E-state index contributed by atoms with van der Waals surface area (Å²) in [5, 5.41) is 9.40. The van der Waals surface area contributed by atoms with Gasteiger partial charge in [0, 0.05) is 44.1 Å². The fourth-order valence-electron chi connectivity index (χ4n) is 3.77. The molecule has 0 bridgehead atoms. The number of aliphatic hydroxyl groups excluding tert-OH is 1. The number of hydrogen-bond acceptors (Lipinski definition) is 4. The molecular weight excluding hydrogens is 328 g/mol. The van der Waals surface area contributed by atoms with Crippen molar-refractivity contribution in [2.45, 2.75) is 52.5 Å². The molecular formula is C21H32N2O3. The lowest BCUT2D eigenvalue weighted by Gasteiger charge is -2.23. The van der Waals surface area contributed by atoms with Crippen molar-refractivity contribution in [2.24, 2.45) is 0 Å². The Morgan fingerprint density at radius 2 is 2.00 bits per heavy atom. The Balaban J connectivity index is 2.06. The van der Waals surface area contributed by atoms with Gasteiger partial charge in [0.25, 0.3) is 5.91 Å². The topological polar surface area (TPSA) is 60.9 Å². The largest absolute Gasteiger partial charge is 0.395 e. The molecule has 5 heteroatoms. The summed E-state index contributed by atoms with van der Waals surface area (Å²) in [7, 11) is 0. The van der Waals surface area contributed by atoms with Crippen molar-refractivity contribution in [3.8, 4) is 0 Å². The van der Waals surface area contributed by atoms with Crippen LogP contribution in [-0.4, -0.2) is 65.4 Å². The Morgan fingerprint density at radius 1 is 1.27 bits per heavy atom. The molecule has 1 atom stereocenters. The standard InChI is InChI=1S/C21H32N2O3/c1-4-22(5-2)21(26)19-10-6-8-16(3)20(19)14-18(25)11-13-23-12-7-9-17(23)15-24/h6,8,10,17,24H,4-5,7,9,11-15H2,1-3H3. The summed E-state index contributed by atoms with van der Waals surface area (Å²) in [6.45, 7) is 9.02. The molecule has 0 radical (unpaired) electrons. The molecule has 5 nitrogen and oxygen atoms in total. The average Bonchev–Trinajstić information content (AvgIpc) is 3.10. The zero-order valence-corrected chi connectivity index (χ0v) is 16.3. The zero-order valence-electron chi connectivity index (χ0n) is 16.3. The molecule has 1 aliphatic rings. The highest BCUT2D eigenvalue weighted by atomic mass is 16.3. The Morgan fingerprint density at radius 3 is 2.65 bits per heavy atom. The molecule has 1 N–H and O–H groups in total. The van der Waals surface area contributed by atoms with E-state index >= 15 is 0 Å². The minimum atomic E-state index is 0.00128. The van der Waals surface area contributed by atoms with Crippen LogP contribution in [0.4, 0.5) is 0 Å². The van der Waals surface area contributed by atoms with Crippen LogP contribution >= 0.6 is 0 Å². The van der Waals surface area contributed by atoms with E-state index in [2.05, 4.69) is 4.90 Å². The first-order chi connectivity index (χ1) is 12.5. The highest BCUT2D eigenvalue weighted by Crippen LogP contribution is 2.20. The number of aryl methyl sites for hydroxylation is 1. The van der Waals surface area contributed by atoms with Crippen LogP contribution in [0.5, 0.6) is 0 Å². The number of aliphatic hydroxyl groups is 1. The van der Waals surface area contributed by atoms with E-state index in [0.717, 1.165) is 30.5 Å². The van der Waals surface area contributed by atoms with Crippen LogP contribution in [0.15, 0.2) is 18.2 Å². The lowest BCUT2D eigenvalue weighted by Crippen LogP contribution is -2.34. The third kappa shape index (κ3) is 4.92. The van der Waals surface area contributed by atoms with Gasteiger partial charge in [0.2, 0.25) is 0 Å². The molecule has 0 aliphatic carbocycles. The SMILES string of the molecule is CCN(CC)C(=O)c1cccc(C)c1CC(=O)CCN1CCCC1CO. The molecule has 0 aromatic heterocycles. The van der Waals surface area contributed by atoms with Crippen LogP contribution in [-0.2, 0) is 11.2 Å². The van der Waals surface area contributed by atoms with Crippen molar-refractivity contribution in [3.63, 3.8) is 0 Å². The van der Waals surface area contributed by atoms with Gasteiger partial charge in [-0.2, -0.15) is 0 Å². The number of amides is 1. The first-order valence-electron chi connectivity index (χ1n) is 9.76. The summed E-state index contributed by atoms with van der Waals surface area (Å²) in [5.41, 5.74) is 2.50. The van der Waals surface area contributed by atoms with E-state index in [-0.39, 0.29) is 24.3 Å². The van der Waals surface area contributed by atoms with Crippen LogP contribution in [0.2, 0.25) is 0 Å². The van der Waals surface area contributed by atoms with E-state index in [0.29, 0.717) is 38.0 Å². The normalized spacial score (nSPS) is 17.5. The van der Waals surface area contributed by atoms with E-state index in [4.69, 9.17) is 0 Å². The molecule has 1 aromatic carbocycles. The number of ketones is 1. The van der Waals surface area contributed by atoms with Gasteiger partial charge < -0.3 is 10.0 Å². The molecule has 0 saturated carbocycles. The molecule has 144 valence electrons. The van der Waals surface area contributed by atoms with E-state index < -0.39 is 0 Å². The summed E-state index contributed by atoms with van der Waals surface area (Å²) >= 11 is 0. The Kier molecular flexibility index (Phi) is 7.79. The first kappa shape index (κ1) is 20.6. The Labute approximate surface area is 157 Å². The van der Waals surface area contributed by atoms with Gasteiger partial charge in [-0.1, -0.05) is 12.1 Å². The second kappa shape index (κ2) is 9.83. The monoisotopic (exact) mass is 360 g/mol. The third-order valence-corrected chi connectivity index (χ3v) is 5.45. The molecule has 0 spiro atoms. The lowest BCUT2D eigenvalue weighted by atomic mass is 9.95. The van der Waals surface area contributed by atoms with Gasteiger partial charge >= 0.3 is 0 Å². The Bertz CT molecular complexity index is 626. The van der Waals surface area contributed by atoms with Gasteiger partial charge in [-0.3, -0.25) is 14.5 Å². The second-order valence-corrected chi connectivity index (χ2v) is 7.06. The summed E-state index contributed by atoms with van der Waals surface area (Å²) in [5.74, 6) is 0.151. The number of carbonyl (C=O) groups is 2. The minimum absolute atomic E-state index is 0.00128. The maximum absolute atomic E-state index is 12.8. The number of likely N-dealkylation sites (tertiary alicyclic amines) is 1. The minimum Gasteiger partial charge on any atom is -0.395 e. The van der Waals surface area contributed by atoms with E-state index in [1.807, 2.05) is 39.0 Å². The summed E-state index contributed by atoms with van der Waals surface area (Å²) in [6, 6.07) is 5.87. The third-order valence-electron chi connectivity index (χ3n) is 5.45. The fourth-order valence-corrected chi connectivity index (χ4v) is 3.77. The summed E-state index contributed by atoms with van der Waals surface area (Å²) < 4.78 is 0. The maximum Gasteiger partial charge on any atom is 0.254 e.